The predicted octanol–water partition coefficient (Wildman–Crippen LogP) is 3.02. The van der Waals surface area contributed by atoms with Crippen LogP contribution in [0.4, 0.5) is 5.69 Å². The van der Waals surface area contributed by atoms with E-state index in [4.69, 9.17) is 22.1 Å². The van der Waals surface area contributed by atoms with Crippen molar-refractivity contribution >= 4 is 33.2 Å². The van der Waals surface area contributed by atoms with Crippen molar-refractivity contribution < 1.29 is 4.74 Å². The highest BCUT2D eigenvalue weighted by Gasteiger charge is 2.30. The molecule has 1 heterocycles. The summed E-state index contributed by atoms with van der Waals surface area (Å²) in [5.74, 6) is 0. The van der Waals surface area contributed by atoms with Crippen molar-refractivity contribution in [3.8, 4) is 0 Å². The number of nitrogens with one attached hydrogen (secondary N) is 1. The summed E-state index contributed by atoms with van der Waals surface area (Å²) in [5.41, 5.74) is 6.88. The number of hydrogen-bond acceptors (Lipinski definition) is 3. The Morgan fingerprint density at radius 2 is 2.12 bits per heavy atom. The highest BCUT2D eigenvalue weighted by molar-refractivity contribution is 9.10. The molecular formula is C12H16BrClN2O. The van der Waals surface area contributed by atoms with E-state index in [0.717, 1.165) is 36.2 Å². The molecule has 2 rings (SSSR count). The second kappa shape index (κ2) is 5.57. The Kier molecular flexibility index (Phi) is 4.31. The Morgan fingerprint density at radius 3 is 2.71 bits per heavy atom. The number of rotatable bonds is 3. The average molecular weight is 320 g/mol. The largest absolute Gasteiger partial charge is 0.381 e. The summed E-state index contributed by atoms with van der Waals surface area (Å²) < 4.78 is 6.27. The molecule has 0 amide bonds. The standard InChI is InChI=1S/C12H16BrClN2O/c13-10-7-9(1-2-11(10)14)16-12(8-15)3-5-17-6-4-12/h1-2,7,16H,3-6,8,15H2. The van der Waals surface area contributed by atoms with Gasteiger partial charge in [-0.3, -0.25) is 0 Å². The monoisotopic (exact) mass is 318 g/mol. The minimum absolute atomic E-state index is 0.0501. The molecule has 5 heteroatoms. The maximum atomic E-state index is 5.97. The van der Waals surface area contributed by atoms with E-state index in [1.165, 1.54) is 0 Å². The summed E-state index contributed by atoms with van der Waals surface area (Å²) >= 11 is 9.40. The van der Waals surface area contributed by atoms with Gasteiger partial charge in [0.05, 0.1) is 10.6 Å². The molecule has 1 aromatic carbocycles. The molecular weight excluding hydrogens is 304 g/mol. The van der Waals surface area contributed by atoms with Crippen molar-refractivity contribution in [3.05, 3.63) is 27.7 Å². The molecule has 0 unspecified atom stereocenters. The van der Waals surface area contributed by atoms with Gasteiger partial charge in [0.15, 0.2) is 0 Å². The summed E-state index contributed by atoms with van der Waals surface area (Å²) in [5, 5.41) is 4.23. The second-order valence-electron chi connectivity index (χ2n) is 4.35. The lowest BCUT2D eigenvalue weighted by atomic mass is 9.90. The molecule has 1 saturated heterocycles. The first-order chi connectivity index (χ1) is 8.15. The van der Waals surface area contributed by atoms with Gasteiger partial charge in [0.25, 0.3) is 0 Å². The maximum absolute atomic E-state index is 5.97. The summed E-state index contributed by atoms with van der Waals surface area (Å²) in [6.07, 6.45) is 1.87. The number of benzene rings is 1. The lowest BCUT2D eigenvalue weighted by molar-refractivity contribution is 0.0628. The van der Waals surface area contributed by atoms with Crippen molar-refractivity contribution in [2.75, 3.05) is 25.1 Å². The van der Waals surface area contributed by atoms with Gasteiger partial charge >= 0.3 is 0 Å². The van der Waals surface area contributed by atoms with Gasteiger partial charge in [-0.1, -0.05) is 11.6 Å². The van der Waals surface area contributed by atoms with Crippen molar-refractivity contribution in [1.82, 2.24) is 0 Å². The van der Waals surface area contributed by atoms with Crippen LogP contribution in [0.25, 0.3) is 0 Å². The van der Waals surface area contributed by atoms with Crippen LogP contribution in [0.3, 0.4) is 0 Å². The Morgan fingerprint density at radius 1 is 1.41 bits per heavy atom. The molecule has 94 valence electrons. The van der Waals surface area contributed by atoms with Gasteiger partial charge in [-0.15, -0.1) is 0 Å². The first-order valence-electron chi connectivity index (χ1n) is 5.66. The molecule has 0 bridgehead atoms. The summed E-state index contributed by atoms with van der Waals surface area (Å²) in [7, 11) is 0. The fraction of sp³-hybridized carbons (Fsp3) is 0.500. The van der Waals surface area contributed by atoms with Gasteiger partial charge < -0.3 is 15.8 Å². The second-order valence-corrected chi connectivity index (χ2v) is 5.61. The highest BCUT2D eigenvalue weighted by atomic mass is 79.9. The lowest BCUT2D eigenvalue weighted by Crippen LogP contribution is -2.49. The number of halogens is 2. The Balaban J connectivity index is 2.14. The normalized spacial score (nSPS) is 19.0. The smallest absolute Gasteiger partial charge is 0.0549 e. The van der Waals surface area contributed by atoms with Gasteiger partial charge in [0.1, 0.15) is 0 Å². The molecule has 1 aromatic rings. The number of ether oxygens (including phenoxy) is 1. The third-order valence-corrected chi connectivity index (χ3v) is 4.38. The van der Waals surface area contributed by atoms with Crippen LogP contribution >= 0.6 is 27.5 Å². The van der Waals surface area contributed by atoms with Crippen LogP contribution in [-0.4, -0.2) is 25.3 Å². The molecule has 17 heavy (non-hydrogen) atoms. The summed E-state index contributed by atoms with van der Waals surface area (Å²) in [4.78, 5) is 0. The lowest BCUT2D eigenvalue weighted by Gasteiger charge is -2.38. The van der Waals surface area contributed by atoms with E-state index in [1.807, 2.05) is 18.2 Å². The first-order valence-corrected chi connectivity index (χ1v) is 6.83. The van der Waals surface area contributed by atoms with Gasteiger partial charge in [0, 0.05) is 29.9 Å². The molecule has 0 atom stereocenters. The van der Waals surface area contributed by atoms with E-state index in [2.05, 4.69) is 21.2 Å². The Bertz CT molecular complexity index is 394. The van der Waals surface area contributed by atoms with E-state index < -0.39 is 0 Å². The van der Waals surface area contributed by atoms with Gasteiger partial charge in [-0.05, 0) is 47.0 Å². The molecule has 3 nitrogen and oxygen atoms in total. The molecule has 0 aliphatic carbocycles. The quantitative estimate of drug-likeness (QED) is 0.900. The molecule has 0 radical (unpaired) electrons. The van der Waals surface area contributed by atoms with E-state index >= 15 is 0 Å². The zero-order valence-corrected chi connectivity index (χ0v) is 11.9. The van der Waals surface area contributed by atoms with Crippen molar-refractivity contribution in [1.29, 1.82) is 0 Å². The van der Waals surface area contributed by atoms with Crippen LogP contribution in [-0.2, 0) is 4.74 Å². The summed E-state index contributed by atoms with van der Waals surface area (Å²) in [6, 6.07) is 5.83. The van der Waals surface area contributed by atoms with E-state index in [-0.39, 0.29) is 5.54 Å². The molecule has 0 saturated carbocycles. The van der Waals surface area contributed by atoms with Gasteiger partial charge in [-0.2, -0.15) is 0 Å². The SMILES string of the molecule is NCC1(Nc2ccc(Cl)c(Br)c2)CCOCC1. The third-order valence-electron chi connectivity index (χ3n) is 3.17. The zero-order chi connectivity index (χ0) is 12.3. The molecule has 3 N–H and O–H groups in total. The van der Waals surface area contributed by atoms with E-state index in [1.54, 1.807) is 0 Å². The predicted molar refractivity (Wildman–Crippen MR) is 74.6 cm³/mol. The topological polar surface area (TPSA) is 47.3 Å². The average Bonchev–Trinajstić information content (AvgIpc) is 2.35. The summed E-state index contributed by atoms with van der Waals surface area (Å²) in [6.45, 7) is 2.13. The zero-order valence-electron chi connectivity index (χ0n) is 9.51. The van der Waals surface area contributed by atoms with Gasteiger partial charge in [-0.25, -0.2) is 0 Å². The Hall–Kier alpha value is -0.290. The third kappa shape index (κ3) is 3.13. The minimum Gasteiger partial charge on any atom is -0.381 e. The Labute approximate surface area is 115 Å². The first kappa shape index (κ1) is 13.1. The van der Waals surface area contributed by atoms with Crippen LogP contribution < -0.4 is 11.1 Å². The fourth-order valence-corrected chi connectivity index (χ4v) is 2.52. The van der Waals surface area contributed by atoms with Crippen LogP contribution in [0.15, 0.2) is 22.7 Å². The number of nitrogens with two attached hydrogens (primary N) is 1. The molecule has 1 aliphatic heterocycles. The van der Waals surface area contributed by atoms with Crippen LogP contribution in [0.1, 0.15) is 12.8 Å². The highest BCUT2D eigenvalue weighted by Crippen LogP contribution is 2.29. The molecule has 1 fully saturated rings. The maximum Gasteiger partial charge on any atom is 0.0549 e. The number of anilines is 1. The van der Waals surface area contributed by atoms with Crippen molar-refractivity contribution in [3.63, 3.8) is 0 Å². The van der Waals surface area contributed by atoms with Crippen molar-refractivity contribution in [2.24, 2.45) is 5.73 Å². The fourth-order valence-electron chi connectivity index (χ4n) is 2.02. The molecule has 1 aliphatic rings. The van der Waals surface area contributed by atoms with Crippen LogP contribution in [0.5, 0.6) is 0 Å². The van der Waals surface area contributed by atoms with E-state index in [0.29, 0.717) is 11.6 Å². The van der Waals surface area contributed by atoms with Crippen LogP contribution in [0, 0.1) is 0 Å². The minimum atomic E-state index is -0.0501. The molecule has 0 spiro atoms. The van der Waals surface area contributed by atoms with Crippen molar-refractivity contribution in [2.45, 2.75) is 18.4 Å². The van der Waals surface area contributed by atoms with Crippen LogP contribution in [0.2, 0.25) is 5.02 Å². The van der Waals surface area contributed by atoms with E-state index in [9.17, 15) is 0 Å². The molecule has 0 aromatic heterocycles. The van der Waals surface area contributed by atoms with Gasteiger partial charge in [0.2, 0.25) is 0 Å². The number of hydrogen-bond donors (Lipinski definition) is 2.